The maximum Gasteiger partial charge on any atom is 0.220 e. The molecule has 4 heteroatoms. The highest BCUT2D eigenvalue weighted by molar-refractivity contribution is 5.76. The average molecular weight is 273 g/mol. The first kappa shape index (κ1) is 18.4. The summed E-state index contributed by atoms with van der Waals surface area (Å²) in [4.78, 5) is 12.0. The second-order valence-corrected chi connectivity index (χ2v) is 5.88. The minimum Gasteiger partial charge on any atom is -0.394 e. The van der Waals surface area contributed by atoms with Crippen LogP contribution in [0.25, 0.3) is 0 Å². The summed E-state index contributed by atoms with van der Waals surface area (Å²) in [5, 5.41) is 12.0. The van der Waals surface area contributed by atoms with Gasteiger partial charge in [-0.15, -0.1) is 0 Å². The van der Waals surface area contributed by atoms with Gasteiger partial charge >= 0.3 is 0 Å². The van der Waals surface area contributed by atoms with Crippen molar-refractivity contribution in [3.63, 3.8) is 0 Å². The molecular weight excluding hydrogens is 242 g/mol. The van der Waals surface area contributed by atoms with Gasteiger partial charge in [0.05, 0.1) is 18.8 Å². The topological polar surface area (TPSA) is 58.6 Å². The molecule has 0 saturated carbocycles. The van der Waals surface area contributed by atoms with Crippen molar-refractivity contribution in [1.29, 1.82) is 0 Å². The second kappa shape index (κ2) is 9.32. The fourth-order valence-electron chi connectivity index (χ4n) is 2.21. The van der Waals surface area contributed by atoms with Crippen LogP contribution in [0, 0.1) is 5.41 Å². The molecule has 0 radical (unpaired) electrons. The lowest BCUT2D eigenvalue weighted by Crippen LogP contribution is -2.38. The van der Waals surface area contributed by atoms with Gasteiger partial charge in [0.2, 0.25) is 5.91 Å². The Morgan fingerprint density at radius 3 is 2.42 bits per heavy atom. The van der Waals surface area contributed by atoms with Crippen LogP contribution in [0.15, 0.2) is 0 Å². The molecule has 0 aliphatic heterocycles. The maximum atomic E-state index is 12.0. The van der Waals surface area contributed by atoms with E-state index in [0.29, 0.717) is 13.0 Å². The minimum atomic E-state index is -0.317. The molecule has 2 N–H and O–H groups in total. The van der Waals surface area contributed by atoms with Gasteiger partial charge in [-0.1, -0.05) is 33.6 Å². The largest absolute Gasteiger partial charge is 0.394 e. The number of nitrogens with one attached hydrogen (secondary N) is 1. The third-order valence-corrected chi connectivity index (χ3v) is 3.49. The third-order valence-electron chi connectivity index (χ3n) is 3.49. The number of rotatable bonds is 10. The number of aliphatic hydroxyl groups is 1. The lowest BCUT2D eigenvalue weighted by molar-refractivity contribution is -0.124. The quantitative estimate of drug-likeness (QED) is 0.643. The SMILES string of the molecule is CCCC(C)(CC)CC(=O)NCC(CO)OC(C)C. The van der Waals surface area contributed by atoms with E-state index >= 15 is 0 Å². The molecule has 0 heterocycles. The van der Waals surface area contributed by atoms with E-state index in [1.165, 1.54) is 0 Å². The minimum absolute atomic E-state index is 0.0450. The molecule has 0 fully saturated rings. The summed E-state index contributed by atoms with van der Waals surface area (Å²) in [6.45, 7) is 10.6. The van der Waals surface area contributed by atoms with E-state index < -0.39 is 0 Å². The molecule has 0 saturated heterocycles. The zero-order valence-electron chi connectivity index (χ0n) is 13.2. The summed E-state index contributed by atoms with van der Waals surface area (Å²) in [5.41, 5.74) is 0.0758. The van der Waals surface area contributed by atoms with Crippen molar-refractivity contribution in [3.05, 3.63) is 0 Å². The van der Waals surface area contributed by atoms with Crippen molar-refractivity contribution < 1.29 is 14.6 Å². The van der Waals surface area contributed by atoms with E-state index in [1.807, 2.05) is 13.8 Å². The van der Waals surface area contributed by atoms with Crippen molar-refractivity contribution in [2.45, 2.75) is 72.5 Å². The number of carbonyl (C=O) groups is 1. The van der Waals surface area contributed by atoms with Crippen molar-refractivity contribution in [2.24, 2.45) is 5.41 Å². The van der Waals surface area contributed by atoms with Crippen LogP contribution in [0.1, 0.15) is 60.3 Å². The number of ether oxygens (including phenoxy) is 1. The molecule has 19 heavy (non-hydrogen) atoms. The number of carbonyl (C=O) groups excluding carboxylic acids is 1. The molecule has 2 atom stereocenters. The molecule has 0 aliphatic carbocycles. The van der Waals surface area contributed by atoms with Gasteiger partial charge in [0.15, 0.2) is 0 Å². The van der Waals surface area contributed by atoms with Gasteiger partial charge in [0, 0.05) is 13.0 Å². The van der Waals surface area contributed by atoms with Crippen LogP contribution in [0.4, 0.5) is 0 Å². The molecule has 0 aromatic heterocycles. The van der Waals surface area contributed by atoms with Gasteiger partial charge in [-0.05, 0) is 25.7 Å². The lowest BCUT2D eigenvalue weighted by atomic mass is 9.79. The summed E-state index contributed by atoms with van der Waals surface area (Å²) >= 11 is 0. The summed E-state index contributed by atoms with van der Waals surface area (Å²) in [6.07, 6.45) is 3.42. The highest BCUT2D eigenvalue weighted by Gasteiger charge is 2.24. The highest BCUT2D eigenvalue weighted by atomic mass is 16.5. The van der Waals surface area contributed by atoms with Crippen LogP contribution in [0.2, 0.25) is 0 Å². The molecule has 114 valence electrons. The zero-order chi connectivity index (χ0) is 14.9. The Kier molecular flexibility index (Phi) is 9.02. The fraction of sp³-hybridized carbons (Fsp3) is 0.933. The smallest absolute Gasteiger partial charge is 0.220 e. The molecule has 2 unspecified atom stereocenters. The second-order valence-electron chi connectivity index (χ2n) is 5.88. The van der Waals surface area contributed by atoms with E-state index in [9.17, 15) is 9.90 Å². The van der Waals surface area contributed by atoms with Crippen molar-refractivity contribution >= 4 is 5.91 Å². The predicted molar refractivity (Wildman–Crippen MR) is 78.0 cm³/mol. The average Bonchev–Trinajstić information content (AvgIpc) is 2.34. The van der Waals surface area contributed by atoms with Crippen molar-refractivity contribution in [3.8, 4) is 0 Å². The number of hydrogen-bond donors (Lipinski definition) is 2. The molecule has 0 bridgehead atoms. The van der Waals surface area contributed by atoms with Gasteiger partial charge < -0.3 is 15.2 Å². The summed E-state index contributed by atoms with van der Waals surface area (Å²) < 4.78 is 5.49. The summed E-state index contributed by atoms with van der Waals surface area (Å²) in [5.74, 6) is 0.0450. The third kappa shape index (κ3) is 8.22. The Morgan fingerprint density at radius 1 is 1.37 bits per heavy atom. The van der Waals surface area contributed by atoms with E-state index in [2.05, 4.69) is 26.1 Å². The van der Waals surface area contributed by atoms with Crippen LogP contribution in [-0.2, 0) is 9.53 Å². The first-order chi connectivity index (χ1) is 8.86. The van der Waals surface area contributed by atoms with E-state index in [1.54, 1.807) is 0 Å². The van der Waals surface area contributed by atoms with Gasteiger partial charge in [-0.25, -0.2) is 0 Å². The fourth-order valence-corrected chi connectivity index (χ4v) is 2.21. The molecule has 0 rings (SSSR count). The van der Waals surface area contributed by atoms with Crippen molar-refractivity contribution in [2.75, 3.05) is 13.2 Å². The van der Waals surface area contributed by atoms with Crippen molar-refractivity contribution in [1.82, 2.24) is 5.32 Å². The summed E-state index contributed by atoms with van der Waals surface area (Å²) in [6, 6.07) is 0. The number of hydrogen-bond acceptors (Lipinski definition) is 3. The van der Waals surface area contributed by atoms with Gasteiger partial charge in [0.1, 0.15) is 0 Å². The number of amides is 1. The van der Waals surface area contributed by atoms with Gasteiger partial charge in [-0.2, -0.15) is 0 Å². The maximum absolute atomic E-state index is 12.0. The molecule has 0 aromatic carbocycles. The molecule has 0 spiro atoms. The van der Waals surface area contributed by atoms with Crippen LogP contribution >= 0.6 is 0 Å². The van der Waals surface area contributed by atoms with Gasteiger partial charge in [0.25, 0.3) is 0 Å². The van der Waals surface area contributed by atoms with E-state index in [-0.39, 0.29) is 30.1 Å². The Morgan fingerprint density at radius 2 is 2.00 bits per heavy atom. The Hall–Kier alpha value is -0.610. The molecule has 1 amide bonds. The molecular formula is C15H31NO3. The Bertz CT molecular complexity index is 256. The standard InChI is InChI=1S/C15H31NO3/c1-6-8-15(5,7-2)9-14(18)16-10-13(11-17)19-12(3)4/h12-13,17H,6-11H2,1-5H3,(H,16,18). The molecule has 0 aliphatic rings. The molecule has 0 aromatic rings. The lowest BCUT2D eigenvalue weighted by Gasteiger charge is -2.27. The monoisotopic (exact) mass is 273 g/mol. The summed E-state index contributed by atoms with van der Waals surface area (Å²) in [7, 11) is 0. The first-order valence-electron chi connectivity index (χ1n) is 7.39. The van der Waals surface area contributed by atoms with Gasteiger partial charge in [-0.3, -0.25) is 4.79 Å². The van der Waals surface area contributed by atoms with Crippen LogP contribution in [0.5, 0.6) is 0 Å². The first-order valence-corrected chi connectivity index (χ1v) is 7.39. The zero-order valence-corrected chi connectivity index (χ0v) is 13.2. The van der Waals surface area contributed by atoms with Crippen LogP contribution in [0.3, 0.4) is 0 Å². The highest BCUT2D eigenvalue weighted by Crippen LogP contribution is 2.31. The van der Waals surface area contributed by atoms with E-state index in [4.69, 9.17) is 4.74 Å². The normalized spacial score (nSPS) is 16.2. The Labute approximate surface area is 117 Å². The van der Waals surface area contributed by atoms with E-state index in [0.717, 1.165) is 19.3 Å². The predicted octanol–water partition coefficient (Wildman–Crippen LogP) is 2.50. The van der Waals surface area contributed by atoms with Crippen LogP contribution in [-0.4, -0.2) is 36.4 Å². The molecule has 4 nitrogen and oxygen atoms in total. The van der Waals surface area contributed by atoms with Crippen LogP contribution < -0.4 is 5.32 Å². The number of aliphatic hydroxyl groups excluding tert-OH is 1. The Balaban J connectivity index is 4.15.